The maximum absolute atomic E-state index is 13.2. The number of hydrogen-bond donors (Lipinski definition) is 2. The van der Waals surface area contributed by atoms with Crippen LogP contribution in [-0.4, -0.2) is 12.5 Å². The molecule has 0 radical (unpaired) electrons. The van der Waals surface area contributed by atoms with Crippen molar-refractivity contribution in [3.8, 4) is 5.75 Å². The molecule has 120 valence electrons. The van der Waals surface area contributed by atoms with Crippen LogP contribution in [0.25, 0.3) is 0 Å². The third-order valence-corrected chi connectivity index (χ3v) is 3.94. The van der Waals surface area contributed by atoms with Gasteiger partial charge in [0.2, 0.25) is 0 Å². The predicted molar refractivity (Wildman–Crippen MR) is 82.8 cm³/mol. The van der Waals surface area contributed by atoms with Crippen molar-refractivity contribution in [2.24, 2.45) is 5.73 Å². The van der Waals surface area contributed by atoms with E-state index in [0.717, 1.165) is 12.1 Å². The first-order chi connectivity index (χ1) is 11.0. The molecular formula is C16H13ClF2N2O2. The minimum absolute atomic E-state index is 0.137. The molecule has 0 aromatic heterocycles. The highest BCUT2D eigenvalue weighted by Gasteiger charge is 2.26. The maximum atomic E-state index is 13.2. The van der Waals surface area contributed by atoms with Gasteiger partial charge < -0.3 is 15.8 Å². The van der Waals surface area contributed by atoms with Gasteiger partial charge in [-0.2, -0.15) is 0 Å². The molecule has 3 N–H and O–H groups in total. The molecule has 2 aromatic rings. The molecular weight excluding hydrogens is 326 g/mol. The van der Waals surface area contributed by atoms with Gasteiger partial charge in [0, 0.05) is 34.8 Å². The van der Waals surface area contributed by atoms with E-state index in [1.807, 2.05) is 0 Å². The molecule has 1 unspecified atom stereocenters. The number of nitrogens with two attached hydrogens (primary N) is 1. The lowest BCUT2D eigenvalue weighted by Gasteiger charge is -2.25. The van der Waals surface area contributed by atoms with Crippen LogP contribution in [0.2, 0.25) is 5.02 Å². The van der Waals surface area contributed by atoms with E-state index < -0.39 is 17.5 Å². The number of amides is 1. The Labute approximate surface area is 136 Å². The van der Waals surface area contributed by atoms with Crippen LogP contribution in [0.3, 0.4) is 0 Å². The number of fused-ring (bicyclic) bond motifs is 1. The summed E-state index contributed by atoms with van der Waals surface area (Å²) in [5.41, 5.74) is 6.97. The third-order valence-electron chi connectivity index (χ3n) is 3.61. The van der Waals surface area contributed by atoms with Gasteiger partial charge in [-0.15, -0.1) is 0 Å². The summed E-state index contributed by atoms with van der Waals surface area (Å²) in [5, 5.41) is 2.93. The van der Waals surface area contributed by atoms with Gasteiger partial charge in [0.25, 0.3) is 5.91 Å². The molecule has 1 aliphatic rings. The van der Waals surface area contributed by atoms with Crippen molar-refractivity contribution in [3.63, 3.8) is 0 Å². The first-order valence-corrected chi connectivity index (χ1v) is 7.32. The fraction of sp³-hybridized carbons (Fsp3) is 0.188. The molecule has 1 aliphatic heterocycles. The van der Waals surface area contributed by atoms with Crippen molar-refractivity contribution >= 4 is 23.2 Å². The van der Waals surface area contributed by atoms with Crippen LogP contribution in [0, 0.1) is 11.6 Å². The average molecular weight is 339 g/mol. The van der Waals surface area contributed by atoms with Crippen molar-refractivity contribution in [2.75, 3.05) is 11.9 Å². The Balaban J connectivity index is 1.94. The van der Waals surface area contributed by atoms with Crippen LogP contribution in [0.15, 0.2) is 30.3 Å². The monoisotopic (exact) mass is 338 g/mol. The average Bonchev–Trinajstić information content (AvgIpc) is 2.51. The van der Waals surface area contributed by atoms with E-state index >= 15 is 0 Å². The van der Waals surface area contributed by atoms with Crippen LogP contribution in [-0.2, 0) is 0 Å². The second-order valence-electron chi connectivity index (χ2n) is 5.16. The molecule has 7 heteroatoms. The number of hydrogen-bond acceptors (Lipinski definition) is 3. The lowest BCUT2D eigenvalue weighted by atomic mass is 9.98. The Morgan fingerprint density at radius 3 is 2.78 bits per heavy atom. The lowest BCUT2D eigenvalue weighted by Crippen LogP contribution is -2.24. The Morgan fingerprint density at radius 2 is 2.04 bits per heavy atom. The molecule has 4 nitrogen and oxygen atoms in total. The molecule has 2 aromatic carbocycles. The fourth-order valence-corrected chi connectivity index (χ4v) is 2.75. The molecule has 1 heterocycles. The minimum atomic E-state index is -1.04. The second kappa shape index (κ2) is 6.14. The van der Waals surface area contributed by atoms with E-state index in [9.17, 15) is 13.6 Å². The normalized spacial score (nSPS) is 16.4. The van der Waals surface area contributed by atoms with Gasteiger partial charge in [-0.3, -0.25) is 4.79 Å². The number of carbonyl (C=O) groups is 1. The summed E-state index contributed by atoms with van der Waals surface area (Å²) in [6, 6.07) is 5.87. The summed E-state index contributed by atoms with van der Waals surface area (Å²) in [7, 11) is 0. The number of nitrogens with one attached hydrogen (secondary N) is 1. The van der Waals surface area contributed by atoms with Crippen molar-refractivity contribution in [3.05, 3.63) is 58.1 Å². The van der Waals surface area contributed by atoms with E-state index in [4.69, 9.17) is 22.1 Å². The first-order valence-electron chi connectivity index (χ1n) is 6.94. The van der Waals surface area contributed by atoms with Crippen molar-refractivity contribution < 1.29 is 18.3 Å². The molecule has 3 rings (SSSR count). The van der Waals surface area contributed by atoms with Crippen LogP contribution < -0.4 is 15.8 Å². The molecule has 0 saturated carbocycles. The number of benzene rings is 2. The predicted octanol–water partition coefficient (Wildman–Crippen LogP) is 3.65. The Bertz CT molecular complexity index is 783. The van der Waals surface area contributed by atoms with Gasteiger partial charge in [0.15, 0.2) is 11.6 Å². The molecule has 0 bridgehead atoms. The number of rotatable bonds is 2. The van der Waals surface area contributed by atoms with Gasteiger partial charge >= 0.3 is 0 Å². The molecule has 1 amide bonds. The summed E-state index contributed by atoms with van der Waals surface area (Å²) >= 11 is 6.13. The Morgan fingerprint density at radius 1 is 1.26 bits per heavy atom. The zero-order valence-electron chi connectivity index (χ0n) is 11.9. The number of anilines is 1. The quantitative estimate of drug-likeness (QED) is 0.878. The van der Waals surface area contributed by atoms with E-state index in [0.29, 0.717) is 29.4 Å². The van der Waals surface area contributed by atoms with E-state index in [-0.39, 0.29) is 17.3 Å². The number of halogens is 3. The summed E-state index contributed by atoms with van der Waals surface area (Å²) < 4.78 is 31.7. The van der Waals surface area contributed by atoms with Crippen LogP contribution in [0.5, 0.6) is 5.75 Å². The smallest absolute Gasteiger partial charge is 0.259 e. The molecule has 1 atom stereocenters. The van der Waals surface area contributed by atoms with Crippen LogP contribution in [0.4, 0.5) is 14.5 Å². The summed E-state index contributed by atoms with van der Waals surface area (Å²) in [5.74, 6) is -2.21. The zero-order valence-corrected chi connectivity index (χ0v) is 12.7. The van der Waals surface area contributed by atoms with Crippen LogP contribution in [0.1, 0.15) is 28.4 Å². The van der Waals surface area contributed by atoms with Crippen molar-refractivity contribution in [2.45, 2.75) is 12.5 Å². The van der Waals surface area contributed by atoms with Crippen molar-refractivity contribution in [1.82, 2.24) is 0 Å². The first kappa shape index (κ1) is 15.7. The maximum Gasteiger partial charge on any atom is 0.259 e. The molecule has 0 fully saturated rings. The molecule has 0 aliphatic carbocycles. The summed E-state index contributed by atoms with van der Waals surface area (Å²) in [6.45, 7) is 0.375. The number of carbonyl (C=O) groups excluding carboxylic acids is 1. The molecule has 23 heavy (non-hydrogen) atoms. The van der Waals surface area contributed by atoms with E-state index in [2.05, 4.69) is 5.32 Å². The Kier molecular flexibility index (Phi) is 4.19. The molecule has 0 spiro atoms. The standard InChI is InChI=1S/C16H13ClF2N2O2/c17-10-3-2-9(15-14(10)13(20)5-6-23-15)16(22)21-8-1-4-11(18)12(19)7-8/h1-4,7,13H,5-6,20H2,(H,21,22). The Hall–Kier alpha value is -2.18. The summed E-state index contributed by atoms with van der Waals surface area (Å²) in [4.78, 5) is 12.4. The highest BCUT2D eigenvalue weighted by Crippen LogP contribution is 2.39. The van der Waals surface area contributed by atoms with Gasteiger partial charge in [0.1, 0.15) is 5.75 Å². The van der Waals surface area contributed by atoms with Gasteiger partial charge in [0.05, 0.1) is 12.2 Å². The van der Waals surface area contributed by atoms with E-state index in [1.54, 1.807) is 6.07 Å². The SMILES string of the molecule is NC1CCOc2c(C(=O)Nc3ccc(F)c(F)c3)ccc(Cl)c21. The lowest BCUT2D eigenvalue weighted by molar-refractivity contribution is 0.102. The highest BCUT2D eigenvalue weighted by atomic mass is 35.5. The number of ether oxygens (including phenoxy) is 1. The third kappa shape index (κ3) is 3.00. The highest BCUT2D eigenvalue weighted by molar-refractivity contribution is 6.32. The summed E-state index contributed by atoms with van der Waals surface area (Å²) in [6.07, 6.45) is 0.598. The van der Waals surface area contributed by atoms with Crippen molar-refractivity contribution in [1.29, 1.82) is 0 Å². The fourth-order valence-electron chi connectivity index (χ4n) is 2.46. The second-order valence-corrected chi connectivity index (χ2v) is 5.57. The van der Waals surface area contributed by atoms with Gasteiger partial charge in [-0.1, -0.05) is 11.6 Å². The topological polar surface area (TPSA) is 64.3 Å². The zero-order chi connectivity index (χ0) is 16.6. The van der Waals surface area contributed by atoms with Gasteiger partial charge in [-0.25, -0.2) is 8.78 Å². The van der Waals surface area contributed by atoms with Crippen LogP contribution >= 0.6 is 11.6 Å². The molecule has 0 saturated heterocycles. The minimum Gasteiger partial charge on any atom is -0.492 e. The van der Waals surface area contributed by atoms with E-state index in [1.165, 1.54) is 12.1 Å². The largest absolute Gasteiger partial charge is 0.492 e. The van der Waals surface area contributed by atoms with Gasteiger partial charge in [-0.05, 0) is 24.3 Å².